The van der Waals surface area contributed by atoms with Crippen LogP contribution in [0.3, 0.4) is 0 Å². The van der Waals surface area contributed by atoms with E-state index in [1.165, 1.54) is 13.2 Å². The first-order valence-electron chi connectivity index (χ1n) is 8.26. The lowest BCUT2D eigenvalue weighted by Gasteiger charge is -2.07. The number of rotatable bonds is 8. The molecule has 2 aromatic carbocycles. The topological polar surface area (TPSA) is 121 Å². The molecule has 7 nitrogen and oxygen atoms in total. The maximum Gasteiger partial charge on any atom is 0.330 e. The number of ether oxygens (including phenoxy) is 3. The number of carbonyl (C=O) groups is 1. The van der Waals surface area contributed by atoms with Gasteiger partial charge in [0.15, 0.2) is 0 Å². The van der Waals surface area contributed by atoms with Crippen LogP contribution in [0.5, 0.6) is 11.5 Å². The quantitative estimate of drug-likeness (QED) is 0.242. The number of benzene rings is 2. The highest BCUT2D eigenvalue weighted by Crippen LogP contribution is 2.25. The van der Waals surface area contributed by atoms with Gasteiger partial charge in [0.05, 0.1) is 13.7 Å². The van der Waals surface area contributed by atoms with E-state index < -0.39 is 5.97 Å². The third kappa shape index (κ3) is 5.97. The Morgan fingerprint density at radius 2 is 2.04 bits per heavy atom. The Hall–Kier alpha value is -3.66. The average molecular weight is 367 g/mol. The molecule has 2 aromatic rings. The van der Waals surface area contributed by atoms with Gasteiger partial charge in [-0.2, -0.15) is 0 Å². The van der Waals surface area contributed by atoms with E-state index in [2.05, 4.69) is 0 Å². The summed E-state index contributed by atoms with van der Waals surface area (Å²) in [6.07, 6.45) is 5.83. The third-order valence-electron chi connectivity index (χ3n) is 3.77. The summed E-state index contributed by atoms with van der Waals surface area (Å²) in [4.78, 5) is 11.8. The highest BCUT2D eigenvalue weighted by atomic mass is 16.5. The molecule has 2 rings (SSSR count). The van der Waals surface area contributed by atoms with Crippen molar-refractivity contribution in [1.29, 1.82) is 5.26 Å². The number of aryl methyl sites for hydroxylation is 1. The minimum absolute atomic E-state index is 0.277. The number of nitrogen functional groups attached to an aromatic ring is 2. The van der Waals surface area contributed by atoms with Gasteiger partial charge in [-0.25, -0.2) is 4.79 Å². The lowest BCUT2D eigenvalue weighted by molar-refractivity contribution is -0.137. The van der Waals surface area contributed by atoms with E-state index in [9.17, 15) is 4.79 Å². The second-order valence-electron chi connectivity index (χ2n) is 5.66. The van der Waals surface area contributed by atoms with Gasteiger partial charge >= 0.3 is 5.97 Å². The van der Waals surface area contributed by atoms with Gasteiger partial charge in [-0.05, 0) is 48.7 Å². The normalized spacial score (nSPS) is 10.4. The highest BCUT2D eigenvalue weighted by Gasteiger charge is 2.05. The number of anilines is 2. The van der Waals surface area contributed by atoms with Crippen LogP contribution >= 0.6 is 0 Å². The average Bonchev–Trinajstić information content (AvgIpc) is 2.65. The molecule has 27 heavy (non-hydrogen) atoms. The first-order chi connectivity index (χ1) is 13.0. The van der Waals surface area contributed by atoms with Gasteiger partial charge in [0, 0.05) is 29.1 Å². The number of nitriles is 1. The van der Waals surface area contributed by atoms with Gasteiger partial charge in [-0.3, -0.25) is 0 Å². The summed E-state index contributed by atoms with van der Waals surface area (Å²) in [5.74, 6) is 0.376. The first kappa shape index (κ1) is 19.7. The lowest BCUT2D eigenvalue weighted by atomic mass is 10.1. The minimum atomic E-state index is -0.459. The summed E-state index contributed by atoms with van der Waals surface area (Å²) < 4.78 is 15.1. The van der Waals surface area contributed by atoms with Crippen molar-refractivity contribution in [1.82, 2.24) is 0 Å². The van der Waals surface area contributed by atoms with Gasteiger partial charge < -0.3 is 25.7 Å². The molecule has 0 aliphatic heterocycles. The molecule has 0 saturated carbocycles. The maximum absolute atomic E-state index is 11.8. The number of methoxy groups -OCH3 is 1. The van der Waals surface area contributed by atoms with Crippen LogP contribution in [-0.2, 0) is 16.0 Å². The Morgan fingerprint density at radius 1 is 1.22 bits per heavy atom. The van der Waals surface area contributed by atoms with E-state index >= 15 is 0 Å². The van der Waals surface area contributed by atoms with E-state index in [0.29, 0.717) is 41.3 Å². The largest absolute Gasteiger partial charge is 0.496 e. The van der Waals surface area contributed by atoms with Gasteiger partial charge in [-0.15, -0.1) is 5.26 Å². The lowest BCUT2D eigenvalue weighted by Crippen LogP contribution is -2.04. The van der Waals surface area contributed by atoms with Crippen LogP contribution in [-0.4, -0.2) is 19.7 Å². The van der Waals surface area contributed by atoms with Gasteiger partial charge in [0.2, 0.25) is 0 Å². The molecule has 0 aliphatic rings. The van der Waals surface area contributed by atoms with Crippen LogP contribution in [0.4, 0.5) is 11.4 Å². The number of hydrogen-bond acceptors (Lipinski definition) is 7. The molecule has 0 fully saturated rings. The summed E-state index contributed by atoms with van der Waals surface area (Å²) in [6, 6.07) is 10.2. The van der Waals surface area contributed by atoms with E-state index in [-0.39, 0.29) is 6.61 Å². The number of esters is 1. The fourth-order valence-electron chi connectivity index (χ4n) is 2.43. The second-order valence-corrected chi connectivity index (χ2v) is 5.66. The first-order valence-corrected chi connectivity index (χ1v) is 8.26. The van der Waals surface area contributed by atoms with Crippen LogP contribution in [0.1, 0.15) is 17.5 Å². The monoisotopic (exact) mass is 367 g/mol. The fraction of sp³-hybridized carbons (Fsp3) is 0.200. The van der Waals surface area contributed by atoms with Crippen LogP contribution in [0, 0.1) is 11.5 Å². The Balaban J connectivity index is 1.84. The van der Waals surface area contributed by atoms with E-state index in [0.717, 1.165) is 5.56 Å². The van der Waals surface area contributed by atoms with Crippen LogP contribution in [0.15, 0.2) is 42.5 Å². The van der Waals surface area contributed by atoms with Gasteiger partial charge in [-0.1, -0.05) is 6.07 Å². The molecular formula is C20H21N3O4. The summed E-state index contributed by atoms with van der Waals surface area (Å²) in [6.45, 7) is 0.277. The van der Waals surface area contributed by atoms with Crippen LogP contribution in [0.25, 0.3) is 6.08 Å². The molecule has 0 atom stereocenters. The predicted molar refractivity (Wildman–Crippen MR) is 103 cm³/mol. The smallest absolute Gasteiger partial charge is 0.330 e. The van der Waals surface area contributed by atoms with Gasteiger partial charge in [0.25, 0.3) is 6.26 Å². The molecule has 140 valence electrons. The number of carbonyl (C=O) groups excluding carboxylic acids is 1. The fourth-order valence-corrected chi connectivity index (χ4v) is 2.43. The molecule has 0 heterocycles. The number of nitrogens with zero attached hydrogens (tertiary/aromatic N) is 1. The Kier molecular flexibility index (Phi) is 7.08. The van der Waals surface area contributed by atoms with Crippen molar-refractivity contribution in [2.75, 3.05) is 25.2 Å². The Morgan fingerprint density at radius 3 is 2.74 bits per heavy atom. The van der Waals surface area contributed by atoms with Crippen LogP contribution < -0.4 is 20.9 Å². The van der Waals surface area contributed by atoms with Crippen molar-refractivity contribution in [3.8, 4) is 17.8 Å². The summed E-state index contributed by atoms with van der Waals surface area (Å²) in [5, 5.41) is 8.53. The molecule has 0 aromatic heterocycles. The van der Waals surface area contributed by atoms with Crippen molar-refractivity contribution < 1.29 is 19.0 Å². The summed E-state index contributed by atoms with van der Waals surface area (Å²) in [5.41, 5.74) is 14.4. The molecule has 7 heteroatoms. The molecule has 0 bridgehead atoms. The van der Waals surface area contributed by atoms with Crippen molar-refractivity contribution in [2.45, 2.75) is 12.8 Å². The van der Waals surface area contributed by atoms with Gasteiger partial charge in [0.1, 0.15) is 11.5 Å². The van der Waals surface area contributed by atoms with Crippen LogP contribution in [0.2, 0.25) is 0 Å². The van der Waals surface area contributed by atoms with Crippen molar-refractivity contribution in [3.05, 3.63) is 53.6 Å². The predicted octanol–water partition coefficient (Wildman–Crippen LogP) is 2.91. The Labute approximate surface area is 157 Å². The van der Waals surface area contributed by atoms with E-state index in [1.54, 1.807) is 42.7 Å². The maximum atomic E-state index is 11.8. The number of hydrogen-bond donors (Lipinski definition) is 2. The van der Waals surface area contributed by atoms with E-state index in [1.807, 2.05) is 6.07 Å². The highest BCUT2D eigenvalue weighted by molar-refractivity contribution is 5.87. The SMILES string of the molecule is COc1cc(OC#N)ccc1/C=C/C(=O)OCCCc1ccc(N)cc1N. The molecule has 0 amide bonds. The van der Waals surface area contributed by atoms with Crippen molar-refractivity contribution in [3.63, 3.8) is 0 Å². The molecular weight excluding hydrogens is 346 g/mol. The zero-order valence-corrected chi connectivity index (χ0v) is 15.0. The molecule has 0 saturated heterocycles. The standard InChI is InChI=1S/C20H21N3O4/c1-25-19-12-17(27-13-21)8-5-15(19)6-9-20(24)26-10-2-3-14-4-7-16(22)11-18(14)23/h4-9,11-12H,2-3,10,22-23H2,1H3/b9-6+. The molecule has 0 unspecified atom stereocenters. The number of nitrogens with two attached hydrogens (primary N) is 2. The Bertz CT molecular complexity index is 872. The zero-order valence-electron chi connectivity index (χ0n) is 15.0. The van der Waals surface area contributed by atoms with E-state index in [4.69, 9.17) is 30.9 Å². The van der Waals surface area contributed by atoms with Crippen molar-refractivity contribution in [2.24, 2.45) is 0 Å². The third-order valence-corrected chi connectivity index (χ3v) is 3.77. The van der Waals surface area contributed by atoms with Crippen molar-refractivity contribution >= 4 is 23.4 Å². The summed E-state index contributed by atoms with van der Waals surface area (Å²) >= 11 is 0. The summed E-state index contributed by atoms with van der Waals surface area (Å²) in [7, 11) is 1.49. The molecule has 0 spiro atoms. The second kappa shape index (κ2) is 9.73. The minimum Gasteiger partial charge on any atom is -0.496 e. The molecule has 0 radical (unpaired) electrons. The molecule has 0 aliphatic carbocycles. The zero-order chi connectivity index (χ0) is 19.6. The molecule has 4 N–H and O–H groups in total.